The summed E-state index contributed by atoms with van der Waals surface area (Å²) in [6.45, 7) is 19.0. The van der Waals surface area contributed by atoms with Gasteiger partial charge < -0.3 is 38.8 Å². The highest BCUT2D eigenvalue weighted by Gasteiger charge is 2.27. The van der Waals surface area contributed by atoms with Crippen molar-refractivity contribution in [2.75, 3.05) is 66.6 Å². The van der Waals surface area contributed by atoms with Crippen LogP contribution in [0.25, 0.3) is 11.1 Å². The highest BCUT2D eigenvalue weighted by atomic mass is 79.9. The lowest BCUT2D eigenvalue weighted by Gasteiger charge is -2.35. The molecule has 4 aromatic rings. The molecule has 6 rings (SSSR count). The number of halogens is 1. The first kappa shape index (κ1) is 50.8. The number of piperazine rings is 2. The Morgan fingerprint density at radius 3 is 1.39 bits per heavy atom. The van der Waals surface area contributed by atoms with E-state index in [1.165, 1.54) is 5.56 Å². The molecule has 2 aliphatic rings. The number of hydrogen-bond acceptors (Lipinski definition) is 10. The summed E-state index contributed by atoms with van der Waals surface area (Å²) in [4.78, 5) is 32.5. The minimum Gasteiger partial charge on any atom is -0.496 e. The fraction of sp³-hybridized carbons (Fsp3) is 0.447. The smallest absolute Gasteiger partial charge is 0.488 e. The van der Waals surface area contributed by atoms with E-state index in [1.54, 1.807) is 48.3 Å². The van der Waals surface area contributed by atoms with E-state index in [1.807, 2.05) is 77.9 Å². The SMILES string of the molecule is C.COc1cc(-c2ccccc2)ccc1CN1CCN(C(=O)OC(C)(C)C)CC1.COc1cc(Br)ccc1CN1CCN(C(=O)OC(C)(C)C)CC1.OB(O)c1ccccc1. The summed E-state index contributed by atoms with van der Waals surface area (Å²) in [5.74, 6) is 1.78. The fourth-order valence-corrected chi connectivity index (χ4v) is 6.81. The molecule has 4 aromatic carbocycles. The zero-order valence-corrected chi connectivity index (χ0v) is 38.0. The van der Waals surface area contributed by atoms with Gasteiger partial charge in [-0.1, -0.05) is 102 Å². The zero-order valence-electron chi connectivity index (χ0n) is 36.4. The Labute approximate surface area is 372 Å². The van der Waals surface area contributed by atoms with E-state index in [-0.39, 0.29) is 19.6 Å². The second-order valence-electron chi connectivity index (χ2n) is 16.6. The number of carbonyl (C=O) groups excluding carboxylic acids is 2. The maximum atomic E-state index is 12.2. The van der Waals surface area contributed by atoms with Crippen LogP contribution in [-0.2, 0) is 22.6 Å². The maximum Gasteiger partial charge on any atom is 0.488 e. The molecule has 0 saturated carbocycles. The Bertz CT molecular complexity index is 1930. The van der Waals surface area contributed by atoms with Gasteiger partial charge in [0.1, 0.15) is 22.7 Å². The minimum atomic E-state index is -1.34. The molecule has 61 heavy (non-hydrogen) atoms. The molecule has 0 bridgehead atoms. The Hall–Kier alpha value is -4.60. The van der Waals surface area contributed by atoms with Crippen LogP contribution in [0.5, 0.6) is 11.5 Å². The third kappa shape index (κ3) is 17.4. The van der Waals surface area contributed by atoms with Crippen molar-refractivity contribution in [1.82, 2.24) is 19.6 Å². The lowest BCUT2D eigenvalue weighted by Crippen LogP contribution is -2.49. The molecule has 12 nitrogen and oxygen atoms in total. The van der Waals surface area contributed by atoms with Gasteiger partial charge in [0.05, 0.1) is 14.2 Å². The standard InChI is InChI=1S/C23H30N2O3.C17H25BrN2O3.C6H7BO2.CH4/c1-23(2,3)28-22(26)25-14-12-24(13-15-25)17-20-11-10-19(16-21(20)27-4)18-8-6-5-7-9-18;1-17(2,3)23-16(21)20-9-7-19(8-10-20)12-13-5-6-14(18)11-15(13)22-4;8-7(9)6-4-2-1-3-5-6;/h5-11,16H,12-15,17H2,1-4H3;5-6,11H,7-10,12H2,1-4H3;1-5,8-9H;1H4. The average molecular weight is 906 g/mol. The third-order valence-corrected chi connectivity index (χ3v) is 10.1. The molecule has 2 saturated heterocycles. The maximum absolute atomic E-state index is 12.2. The number of amides is 2. The number of ether oxygens (including phenoxy) is 4. The molecule has 0 atom stereocenters. The quantitative estimate of drug-likeness (QED) is 0.169. The second kappa shape index (κ2) is 24.2. The highest BCUT2D eigenvalue weighted by Crippen LogP contribution is 2.29. The van der Waals surface area contributed by atoms with Crippen LogP contribution in [0.3, 0.4) is 0 Å². The minimum absolute atomic E-state index is 0. The van der Waals surface area contributed by atoms with E-state index in [2.05, 4.69) is 62.1 Å². The van der Waals surface area contributed by atoms with Crippen LogP contribution in [0, 0.1) is 0 Å². The van der Waals surface area contributed by atoms with Crippen molar-refractivity contribution < 1.29 is 38.6 Å². The Kier molecular flexibility index (Phi) is 20.1. The molecule has 0 aromatic heterocycles. The van der Waals surface area contributed by atoms with E-state index >= 15 is 0 Å². The number of hydrogen-bond donors (Lipinski definition) is 2. The summed E-state index contributed by atoms with van der Waals surface area (Å²) in [6, 6.07) is 31.4. The lowest BCUT2D eigenvalue weighted by atomic mass is 9.81. The summed E-state index contributed by atoms with van der Waals surface area (Å²) in [5.41, 5.74) is 4.27. The van der Waals surface area contributed by atoms with Crippen LogP contribution in [-0.4, -0.2) is 127 Å². The van der Waals surface area contributed by atoms with Crippen LogP contribution < -0.4 is 14.9 Å². The Morgan fingerprint density at radius 1 is 0.590 bits per heavy atom. The molecular weight excluding hydrogens is 839 g/mol. The van der Waals surface area contributed by atoms with Gasteiger partial charge in [0, 0.05) is 81.0 Å². The molecular formula is C47H66BBrN4O8. The molecule has 2 aliphatic heterocycles. The van der Waals surface area contributed by atoms with E-state index in [9.17, 15) is 9.59 Å². The summed E-state index contributed by atoms with van der Waals surface area (Å²) in [7, 11) is 2.06. The Morgan fingerprint density at radius 2 is 1.00 bits per heavy atom. The first-order valence-electron chi connectivity index (χ1n) is 20.3. The molecule has 0 spiro atoms. The monoisotopic (exact) mass is 904 g/mol. The van der Waals surface area contributed by atoms with Gasteiger partial charge in [-0.25, -0.2) is 9.59 Å². The van der Waals surface area contributed by atoms with Crippen molar-refractivity contribution in [3.8, 4) is 22.6 Å². The summed E-state index contributed by atoms with van der Waals surface area (Å²) in [6.07, 6.45) is -0.449. The van der Waals surface area contributed by atoms with E-state index < -0.39 is 18.3 Å². The number of nitrogens with zero attached hydrogens (tertiary/aromatic N) is 4. The van der Waals surface area contributed by atoms with Crippen LogP contribution in [0.15, 0.2) is 102 Å². The van der Waals surface area contributed by atoms with Crippen molar-refractivity contribution in [2.24, 2.45) is 0 Å². The normalized spacial score (nSPS) is 14.5. The first-order chi connectivity index (χ1) is 28.4. The van der Waals surface area contributed by atoms with E-state index in [4.69, 9.17) is 29.0 Å². The molecule has 0 radical (unpaired) electrons. The van der Waals surface area contributed by atoms with Crippen LogP contribution in [0.2, 0.25) is 0 Å². The summed E-state index contributed by atoms with van der Waals surface area (Å²) < 4.78 is 23.0. The second-order valence-corrected chi connectivity index (χ2v) is 17.5. The summed E-state index contributed by atoms with van der Waals surface area (Å²) >= 11 is 3.46. The fourth-order valence-electron chi connectivity index (χ4n) is 6.47. The molecule has 0 unspecified atom stereocenters. The van der Waals surface area contributed by atoms with Gasteiger partial charge in [-0.15, -0.1) is 0 Å². The van der Waals surface area contributed by atoms with Gasteiger partial charge in [0.2, 0.25) is 0 Å². The molecule has 2 amide bonds. The number of carbonyl (C=O) groups is 2. The van der Waals surface area contributed by atoms with E-state index in [0.717, 1.165) is 71.9 Å². The third-order valence-electron chi connectivity index (χ3n) is 9.58. The molecule has 14 heteroatoms. The van der Waals surface area contributed by atoms with Gasteiger partial charge in [-0.05, 0) is 76.3 Å². The molecule has 0 aliphatic carbocycles. The topological polar surface area (TPSA) is 124 Å². The van der Waals surface area contributed by atoms with Gasteiger partial charge in [0.15, 0.2) is 0 Å². The predicted octanol–water partition coefficient (Wildman–Crippen LogP) is 7.93. The molecule has 2 heterocycles. The van der Waals surface area contributed by atoms with Gasteiger partial charge in [0.25, 0.3) is 0 Å². The zero-order chi connectivity index (χ0) is 43.9. The summed E-state index contributed by atoms with van der Waals surface area (Å²) in [5, 5.41) is 17.2. The van der Waals surface area contributed by atoms with E-state index in [0.29, 0.717) is 31.6 Å². The largest absolute Gasteiger partial charge is 0.496 e. The average Bonchev–Trinajstić information content (AvgIpc) is 3.22. The van der Waals surface area contributed by atoms with Crippen LogP contribution >= 0.6 is 15.9 Å². The first-order valence-corrected chi connectivity index (χ1v) is 21.1. The molecule has 2 fully saturated rings. The van der Waals surface area contributed by atoms with Gasteiger partial charge in [-0.3, -0.25) is 9.80 Å². The van der Waals surface area contributed by atoms with Crippen LogP contribution in [0.4, 0.5) is 9.59 Å². The number of benzene rings is 4. The molecule has 332 valence electrons. The van der Waals surface area contributed by atoms with Crippen molar-refractivity contribution in [3.05, 3.63) is 113 Å². The van der Waals surface area contributed by atoms with Crippen molar-refractivity contribution >= 4 is 40.7 Å². The Balaban J connectivity index is 0.000000270. The van der Waals surface area contributed by atoms with Crippen LogP contribution in [0.1, 0.15) is 60.1 Å². The highest BCUT2D eigenvalue weighted by molar-refractivity contribution is 9.10. The van der Waals surface area contributed by atoms with Crippen molar-refractivity contribution in [2.45, 2.75) is 73.3 Å². The number of methoxy groups -OCH3 is 2. The molecule has 2 N–H and O–H groups in total. The van der Waals surface area contributed by atoms with Crippen molar-refractivity contribution in [3.63, 3.8) is 0 Å². The number of rotatable bonds is 8. The lowest BCUT2D eigenvalue weighted by molar-refractivity contribution is 0.0129. The predicted molar refractivity (Wildman–Crippen MR) is 248 cm³/mol. The van der Waals surface area contributed by atoms with Gasteiger partial charge in [-0.2, -0.15) is 0 Å². The van der Waals surface area contributed by atoms with Crippen molar-refractivity contribution in [1.29, 1.82) is 0 Å². The van der Waals surface area contributed by atoms with Gasteiger partial charge >= 0.3 is 19.3 Å².